The van der Waals surface area contributed by atoms with Crippen LogP contribution in [-0.2, 0) is 24.4 Å². The largest absolute Gasteiger partial charge is 0.350 e. The Morgan fingerprint density at radius 1 is 1.19 bits per heavy atom. The maximum absolute atomic E-state index is 12.6. The zero-order valence-electron chi connectivity index (χ0n) is 15.1. The summed E-state index contributed by atoms with van der Waals surface area (Å²) in [6.45, 7) is 3.08. The van der Waals surface area contributed by atoms with Crippen molar-refractivity contribution in [1.29, 1.82) is 0 Å². The van der Waals surface area contributed by atoms with E-state index in [1.165, 1.54) is 5.69 Å². The van der Waals surface area contributed by atoms with Gasteiger partial charge in [0.1, 0.15) is 0 Å². The summed E-state index contributed by atoms with van der Waals surface area (Å²) < 4.78 is 2.01. The van der Waals surface area contributed by atoms with E-state index in [1.807, 2.05) is 53.2 Å². The van der Waals surface area contributed by atoms with Crippen molar-refractivity contribution < 1.29 is 4.79 Å². The number of nitrogens with one attached hydrogen (secondary N) is 2. The normalized spacial score (nSPS) is 14.4. The molecule has 0 saturated heterocycles. The maximum atomic E-state index is 12.6. The zero-order chi connectivity index (χ0) is 18.5. The van der Waals surface area contributed by atoms with E-state index in [2.05, 4.69) is 26.8 Å². The third-order valence-electron chi connectivity index (χ3n) is 4.82. The second-order valence-corrected chi connectivity index (χ2v) is 6.73. The first-order valence-corrected chi connectivity index (χ1v) is 9.28. The Hall–Kier alpha value is -2.99. The van der Waals surface area contributed by atoms with Gasteiger partial charge in [0.15, 0.2) is 0 Å². The molecule has 1 aromatic carbocycles. The lowest BCUT2D eigenvalue weighted by Gasteiger charge is -2.16. The van der Waals surface area contributed by atoms with Gasteiger partial charge >= 0.3 is 0 Å². The molecule has 1 unspecified atom stereocenters. The van der Waals surface area contributed by atoms with Crippen molar-refractivity contribution in [3.63, 3.8) is 0 Å². The summed E-state index contributed by atoms with van der Waals surface area (Å²) in [4.78, 5) is 17.1. The maximum Gasteiger partial charge on any atom is 0.221 e. The predicted octanol–water partition coefficient (Wildman–Crippen LogP) is 2.22. The van der Waals surface area contributed by atoms with Crippen LogP contribution in [0.2, 0.25) is 0 Å². The van der Waals surface area contributed by atoms with E-state index in [0.717, 1.165) is 36.6 Å². The first kappa shape index (κ1) is 17.4. The molecule has 0 saturated carbocycles. The van der Waals surface area contributed by atoms with E-state index in [0.29, 0.717) is 13.0 Å². The first-order chi connectivity index (χ1) is 13.3. The van der Waals surface area contributed by atoms with Gasteiger partial charge in [-0.2, -0.15) is 5.10 Å². The van der Waals surface area contributed by atoms with Gasteiger partial charge in [0, 0.05) is 37.3 Å². The van der Waals surface area contributed by atoms with E-state index in [4.69, 9.17) is 0 Å². The molecule has 1 amide bonds. The molecule has 4 rings (SSSR count). The van der Waals surface area contributed by atoms with Crippen LogP contribution >= 0.6 is 0 Å². The fraction of sp³-hybridized carbons (Fsp3) is 0.286. The molecule has 2 aromatic heterocycles. The highest BCUT2D eigenvalue weighted by molar-refractivity contribution is 5.77. The van der Waals surface area contributed by atoms with Crippen molar-refractivity contribution in [3.05, 3.63) is 83.4 Å². The lowest BCUT2D eigenvalue weighted by atomic mass is 9.91. The molecule has 3 heterocycles. The molecule has 1 aliphatic rings. The Labute approximate surface area is 158 Å². The molecule has 3 aromatic rings. The van der Waals surface area contributed by atoms with Gasteiger partial charge in [-0.3, -0.25) is 14.5 Å². The summed E-state index contributed by atoms with van der Waals surface area (Å²) in [5.74, 6) is -0.0644. The van der Waals surface area contributed by atoms with E-state index >= 15 is 0 Å². The average Bonchev–Trinajstić information content (AvgIpc) is 3.15. The van der Waals surface area contributed by atoms with Crippen molar-refractivity contribution in [2.75, 3.05) is 6.54 Å². The van der Waals surface area contributed by atoms with Gasteiger partial charge in [0.05, 0.1) is 24.5 Å². The zero-order valence-corrected chi connectivity index (χ0v) is 15.1. The molecule has 0 bridgehead atoms. The van der Waals surface area contributed by atoms with Gasteiger partial charge in [-0.15, -0.1) is 0 Å². The van der Waals surface area contributed by atoms with Gasteiger partial charge in [-0.25, -0.2) is 0 Å². The van der Waals surface area contributed by atoms with Crippen LogP contribution in [0, 0.1) is 0 Å². The van der Waals surface area contributed by atoms with Gasteiger partial charge in [0.2, 0.25) is 5.91 Å². The number of carbonyl (C=O) groups excluding carboxylic acids is 1. The number of pyridine rings is 1. The minimum absolute atomic E-state index is 0.00129. The first-order valence-electron chi connectivity index (χ1n) is 9.28. The van der Waals surface area contributed by atoms with Crippen molar-refractivity contribution in [1.82, 2.24) is 25.4 Å². The Kier molecular flexibility index (Phi) is 5.25. The second kappa shape index (κ2) is 8.14. The third-order valence-corrected chi connectivity index (χ3v) is 4.82. The van der Waals surface area contributed by atoms with E-state index in [-0.39, 0.29) is 11.8 Å². The fourth-order valence-corrected chi connectivity index (χ4v) is 3.45. The molecular weight excluding hydrogens is 338 g/mol. The minimum Gasteiger partial charge on any atom is -0.350 e. The molecule has 6 nitrogen and oxygen atoms in total. The van der Waals surface area contributed by atoms with Crippen molar-refractivity contribution in [3.8, 4) is 0 Å². The van der Waals surface area contributed by atoms with E-state index in [9.17, 15) is 4.79 Å². The number of benzene rings is 1. The Morgan fingerprint density at radius 3 is 2.81 bits per heavy atom. The van der Waals surface area contributed by atoms with E-state index in [1.54, 1.807) is 6.20 Å². The molecule has 27 heavy (non-hydrogen) atoms. The third kappa shape index (κ3) is 4.23. The molecule has 6 heteroatoms. The van der Waals surface area contributed by atoms with E-state index < -0.39 is 0 Å². The predicted molar refractivity (Wildman–Crippen MR) is 103 cm³/mol. The number of rotatable bonds is 6. The number of amides is 1. The van der Waals surface area contributed by atoms with Crippen LogP contribution in [0.3, 0.4) is 0 Å². The highest BCUT2D eigenvalue weighted by Crippen LogP contribution is 2.26. The van der Waals surface area contributed by atoms with Crippen LogP contribution in [0.25, 0.3) is 0 Å². The molecule has 138 valence electrons. The number of aromatic nitrogens is 3. The van der Waals surface area contributed by atoms with Crippen molar-refractivity contribution in [2.24, 2.45) is 0 Å². The lowest BCUT2D eigenvalue weighted by molar-refractivity contribution is -0.121. The highest BCUT2D eigenvalue weighted by Gasteiger charge is 2.19. The number of carbonyl (C=O) groups is 1. The van der Waals surface area contributed by atoms with Crippen LogP contribution in [0.1, 0.15) is 35.0 Å². The van der Waals surface area contributed by atoms with Crippen molar-refractivity contribution >= 4 is 5.91 Å². The summed E-state index contributed by atoms with van der Waals surface area (Å²) in [5.41, 5.74) is 4.06. The summed E-state index contributed by atoms with van der Waals surface area (Å²) in [5, 5.41) is 10.9. The second-order valence-electron chi connectivity index (χ2n) is 6.73. The molecule has 0 fully saturated rings. The number of fused-ring (bicyclic) bond motifs is 1. The summed E-state index contributed by atoms with van der Waals surface area (Å²) in [6, 6.07) is 17.9. The molecule has 1 aliphatic heterocycles. The van der Waals surface area contributed by atoms with Crippen LogP contribution in [0.15, 0.2) is 60.8 Å². The molecule has 0 spiro atoms. The van der Waals surface area contributed by atoms with Gasteiger partial charge in [-0.05, 0) is 23.8 Å². The molecule has 0 radical (unpaired) electrons. The monoisotopic (exact) mass is 361 g/mol. The summed E-state index contributed by atoms with van der Waals surface area (Å²) in [7, 11) is 0. The SMILES string of the molecule is O=C(CC(c1ccccc1)c1ccccn1)NCc1cc2n(n1)CCNC2. The lowest BCUT2D eigenvalue weighted by Crippen LogP contribution is -2.28. The standard InChI is InChI=1S/C21H23N5O/c27-21(24-14-17-12-18-15-22-10-11-26(18)25-17)13-19(16-6-2-1-3-7-16)20-8-4-5-9-23-20/h1-9,12,19,22H,10-11,13-15H2,(H,24,27). The van der Waals surface area contributed by atoms with Crippen LogP contribution in [0.4, 0.5) is 0 Å². The number of hydrogen-bond acceptors (Lipinski definition) is 4. The van der Waals surface area contributed by atoms with Crippen LogP contribution in [-0.4, -0.2) is 27.2 Å². The fourth-order valence-electron chi connectivity index (χ4n) is 3.45. The molecule has 1 atom stereocenters. The number of nitrogens with zero attached hydrogens (tertiary/aromatic N) is 3. The highest BCUT2D eigenvalue weighted by atomic mass is 16.1. The van der Waals surface area contributed by atoms with Gasteiger partial charge < -0.3 is 10.6 Å². The topological polar surface area (TPSA) is 71.8 Å². The number of hydrogen-bond donors (Lipinski definition) is 2. The molecular formula is C21H23N5O. The smallest absolute Gasteiger partial charge is 0.221 e. The quantitative estimate of drug-likeness (QED) is 0.706. The molecule has 0 aliphatic carbocycles. The summed E-state index contributed by atoms with van der Waals surface area (Å²) >= 11 is 0. The average molecular weight is 361 g/mol. The summed E-state index contributed by atoms with van der Waals surface area (Å²) in [6.07, 6.45) is 2.13. The molecule has 2 N–H and O–H groups in total. The van der Waals surface area contributed by atoms with Crippen LogP contribution < -0.4 is 10.6 Å². The van der Waals surface area contributed by atoms with Gasteiger partial charge in [-0.1, -0.05) is 36.4 Å². The Morgan fingerprint density at radius 2 is 2.04 bits per heavy atom. The van der Waals surface area contributed by atoms with Gasteiger partial charge in [0.25, 0.3) is 0 Å². The Bertz CT molecular complexity index is 828. The van der Waals surface area contributed by atoms with Crippen molar-refractivity contribution in [2.45, 2.75) is 32.0 Å². The minimum atomic E-state index is -0.0631. The van der Waals surface area contributed by atoms with Crippen LogP contribution in [0.5, 0.6) is 0 Å². The Balaban J connectivity index is 1.43.